The van der Waals surface area contributed by atoms with Crippen LogP contribution in [0.15, 0.2) is 16.8 Å². The van der Waals surface area contributed by atoms with Crippen LogP contribution in [0.5, 0.6) is 0 Å². The van der Waals surface area contributed by atoms with Gasteiger partial charge in [-0.3, -0.25) is 9.69 Å². The average molecular weight is 168 g/mol. The van der Waals surface area contributed by atoms with Crippen LogP contribution in [0.25, 0.3) is 0 Å². The molecule has 1 aromatic rings. The molecule has 0 aliphatic heterocycles. The number of thiophene rings is 1. The molecule has 11 heavy (non-hydrogen) atoms. The highest BCUT2D eigenvalue weighted by atomic mass is 32.1. The molecular weight excluding hydrogens is 158 g/mol. The molecule has 0 amide bonds. The molecule has 0 bridgehead atoms. The predicted molar refractivity (Wildman–Crippen MR) is 46.4 cm³/mol. The topological polar surface area (TPSA) is 20.3 Å². The van der Waals surface area contributed by atoms with Gasteiger partial charge in [-0.15, -0.1) is 0 Å². The van der Waals surface area contributed by atoms with E-state index in [1.807, 2.05) is 42.1 Å². The fourth-order valence-electron chi connectivity index (χ4n) is 0.902. The number of rotatable bonds is 3. The van der Waals surface area contributed by atoms with Crippen LogP contribution in [0.4, 0.5) is 0 Å². The molecule has 0 aliphatic carbocycles. The van der Waals surface area contributed by atoms with Crippen LogP contribution in [-0.2, 0) is 4.79 Å². The van der Waals surface area contributed by atoms with E-state index in [-0.39, 0.29) is 6.04 Å². The van der Waals surface area contributed by atoms with E-state index >= 15 is 0 Å². The van der Waals surface area contributed by atoms with Gasteiger partial charge in [0.1, 0.15) is 6.04 Å². The van der Waals surface area contributed by atoms with Crippen LogP contribution in [0.1, 0.15) is 11.6 Å². The molecule has 59 valence electrons. The van der Waals surface area contributed by atoms with Crippen LogP contribution in [0.2, 0.25) is 0 Å². The Morgan fingerprint density at radius 2 is 2.36 bits per heavy atom. The fourth-order valence-corrected chi connectivity index (χ4v) is 1.58. The molecule has 0 N–H and O–H groups in total. The van der Waals surface area contributed by atoms with E-state index in [0.717, 1.165) is 5.56 Å². The molecule has 0 saturated carbocycles. The largest absolute Gasteiger partial charge is 0.296 e. The molecule has 1 atom stereocenters. The van der Waals surface area contributed by atoms with Crippen LogP contribution < -0.4 is 0 Å². The Morgan fingerprint density at radius 1 is 1.64 bits per heavy atom. The maximum Gasteiger partial charge on any atom is 0.222 e. The first-order chi connectivity index (χ1) is 5.25. The number of nitrogens with zero attached hydrogens (tertiary/aromatic N) is 1. The second-order valence-corrected chi connectivity index (χ2v) is 3.32. The highest BCUT2D eigenvalue weighted by Crippen LogP contribution is 2.17. The standard InChI is InChI=1S/C8H10NOS/c1-9(2)8(5-10)7-3-4-11-6-7/h3-4,6,8H,1-2H3. The van der Waals surface area contributed by atoms with Crippen LogP contribution in [0, 0.1) is 0 Å². The van der Waals surface area contributed by atoms with Crippen molar-refractivity contribution in [3.8, 4) is 0 Å². The molecule has 1 radical (unpaired) electrons. The molecule has 0 spiro atoms. The highest BCUT2D eigenvalue weighted by molar-refractivity contribution is 7.08. The third kappa shape index (κ3) is 1.88. The van der Waals surface area contributed by atoms with Crippen molar-refractivity contribution in [1.29, 1.82) is 0 Å². The van der Waals surface area contributed by atoms with Crippen LogP contribution in [-0.4, -0.2) is 25.3 Å². The number of carbonyl (C=O) groups excluding carboxylic acids is 1. The van der Waals surface area contributed by atoms with Gasteiger partial charge < -0.3 is 0 Å². The second-order valence-electron chi connectivity index (χ2n) is 2.54. The van der Waals surface area contributed by atoms with Crippen molar-refractivity contribution in [3.05, 3.63) is 22.4 Å². The molecule has 0 aromatic carbocycles. The molecule has 0 fully saturated rings. The molecule has 2 nitrogen and oxygen atoms in total. The summed E-state index contributed by atoms with van der Waals surface area (Å²) in [5.74, 6) is 0. The minimum atomic E-state index is -0.207. The average Bonchev–Trinajstić information content (AvgIpc) is 2.40. The first-order valence-corrected chi connectivity index (χ1v) is 4.26. The zero-order valence-electron chi connectivity index (χ0n) is 6.57. The first kappa shape index (κ1) is 8.43. The Labute approximate surface area is 70.5 Å². The Morgan fingerprint density at radius 3 is 2.73 bits per heavy atom. The summed E-state index contributed by atoms with van der Waals surface area (Å²) >= 11 is 1.60. The van der Waals surface area contributed by atoms with Crippen molar-refractivity contribution < 1.29 is 4.79 Å². The lowest BCUT2D eigenvalue weighted by Gasteiger charge is -2.15. The molecule has 3 heteroatoms. The van der Waals surface area contributed by atoms with Gasteiger partial charge in [-0.1, -0.05) is 0 Å². The van der Waals surface area contributed by atoms with Gasteiger partial charge in [-0.25, -0.2) is 0 Å². The Kier molecular flexibility index (Phi) is 2.79. The molecule has 0 aliphatic rings. The van der Waals surface area contributed by atoms with Crippen molar-refractivity contribution >= 4 is 17.6 Å². The van der Waals surface area contributed by atoms with Gasteiger partial charge in [-0.2, -0.15) is 11.3 Å². The molecule has 1 heterocycles. The van der Waals surface area contributed by atoms with E-state index in [1.165, 1.54) is 0 Å². The maximum atomic E-state index is 10.5. The second kappa shape index (κ2) is 3.64. The lowest BCUT2D eigenvalue weighted by Crippen LogP contribution is -2.20. The third-order valence-electron chi connectivity index (χ3n) is 1.49. The van der Waals surface area contributed by atoms with Crippen molar-refractivity contribution in [2.75, 3.05) is 14.1 Å². The lowest BCUT2D eigenvalue weighted by atomic mass is 10.1. The highest BCUT2D eigenvalue weighted by Gasteiger charge is 2.13. The van der Waals surface area contributed by atoms with Gasteiger partial charge in [-0.05, 0) is 36.5 Å². The van der Waals surface area contributed by atoms with Gasteiger partial charge in [0, 0.05) is 0 Å². The van der Waals surface area contributed by atoms with Gasteiger partial charge in [0.25, 0.3) is 0 Å². The van der Waals surface area contributed by atoms with E-state index in [0.29, 0.717) is 0 Å². The summed E-state index contributed by atoms with van der Waals surface area (Å²) in [6, 6.07) is 1.74. The summed E-state index contributed by atoms with van der Waals surface area (Å²) in [5.41, 5.74) is 1.02. The van der Waals surface area contributed by atoms with E-state index < -0.39 is 0 Å². The lowest BCUT2D eigenvalue weighted by molar-refractivity contribution is 0.356. The van der Waals surface area contributed by atoms with E-state index in [2.05, 4.69) is 0 Å². The molecule has 1 aromatic heterocycles. The van der Waals surface area contributed by atoms with Gasteiger partial charge in [0.05, 0.1) is 0 Å². The minimum Gasteiger partial charge on any atom is -0.296 e. The Balaban J connectivity index is 2.79. The number of hydrogen-bond donors (Lipinski definition) is 0. The molecule has 0 saturated heterocycles. The Hall–Kier alpha value is -0.670. The monoisotopic (exact) mass is 168 g/mol. The van der Waals surface area contributed by atoms with E-state index in [1.54, 1.807) is 11.3 Å². The Bertz CT molecular complexity index is 218. The quantitative estimate of drug-likeness (QED) is 0.681. The summed E-state index contributed by atoms with van der Waals surface area (Å²) in [6.45, 7) is 0. The summed E-state index contributed by atoms with van der Waals surface area (Å²) in [4.78, 5) is 12.3. The smallest absolute Gasteiger partial charge is 0.222 e. The summed E-state index contributed by atoms with van der Waals surface area (Å²) < 4.78 is 0. The van der Waals surface area contributed by atoms with Crippen LogP contribution >= 0.6 is 11.3 Å². The van der Waals surface area contributed by atoms with Gasteiger partial charge in [0.2, 0.25) is 6.29 Å². The summed E-state index contributed by atoms with van der Waals surface area (Å²) in [6.07, 6.45) is 1.99. The summed E-state index contributed by atoms with van der Waals surface area (Å²) in [7, 11) is 3.74. The fraction of sp³-hybridized carbons (Fsp3) is 0.375. The molecular formula is C8H10NOS. The maximum absolute atomic E-state index is 10.5. The summed E-state index contributed by atoms with van der Waals surface area (Å²) in [5, 5.41) is 3.93. The first-order valence-electron chi connectivity index (χ1n) is 3.32. The molecule has 1 rings (SSSR count). The SMILES string of the molecule is CN(C)C([C]=O)c1ccsc1. The molecule has 1 unspecified atom stereocenters. The van der Waals surface area contributed by atoms with E-state index in [4.69, 9.17) is 0 Å². The zero-order chi connectivity index (χ0) is 8.27. The van der Waals surface area contributed by atoms with E-state index in [9.17, 15) is 4.79 Å². The van der Waals surface area contributed by atoms with Crippen molar-refractivity contribution in [2.45, 2.75) is 6.04 Å². The normalized spacial score (nSPS) is 13.4. The van der Waals surface area contributed by atoms with Crippen molar-refractivity contribution in [2.24, 2.45) is 0 Å². The predicted octanol–water partition coefficient (Wildman–Crippen LogP) is 1.46. The van der Waals surface area contributed by atoms with Crippen LogP contribution in [0.3, 0.4) is 0 Å². The third-order valence-corrected chi connectivity index (χ3v) is 2.19. The van der Waals surface area contributed by atoms with Gasteiger partial charge in [0.15, 0.2) is 0 Å². The van der Waals surface area contributed by atoms with Gasteiger partial charge >= 0.3 is 0 Å². The zero-order valence-corrected chi connectivity index (χ0v) is 7.39. The minimum absolute atomic E-state index is 0.207. The number of likely N-dealkylation sites (N-methyl/N-ethyl adjacent to an activating group) is 1. The van der Waals surface area contributed by atoms with Crippen molar-refractivity contribution in [1.82, 2.24) is 4.90 Å². The number of hydrogen-bond acceptors (Lipinski definition) is 3. The van der Waals surface area contributed by atoms with Crippen molar-refractivity contribution in [3.63, 3.8) is 0 Å².